The van der Waals surface area contributed by atoms with Crippen LogP contribution in [-0.4, -0.2) is 29.8 Å². The van der Waals surface area contributed by atoms with Gasteiger partial charge in [0.05, 0.1) is 5.56 Å². The molecule has 2 rings (SSSR count). The maximum absolute atomic E-state index is 13.8. The average Bonchev–Trinajstić information content (AvgIpc) is 2.76. The quantitative estimate of drug-likeness (QED) is 0.868. The molecule has 1 aliphatic heterocycles. The van der Waals surface area contributed by atoms with Crippen molar-refractivity contribution in [3.05, 3.63) is 35.1 Å². The zero-order chi connectivity index (χ0) is 16.5. The summed E-state index contributed by atoms with van der Waals surface area (Å²) in [5.41, 5.74) is -1.62. The van der Waals surface area contributed by atoms with E-state index in [2.05, 4.69) is 5.32 Å². The predicted molar refractivity (Wildman–Crippen MR) is 69.0 cm³/mol. The zero-order valence-electron chi connectivity index (χ0n) is 11.7. The molecule has 0 radical (unpaired) electrons. The molecule has 0 aromatic heterocycles. The van der Waals surface area contributed by atoms with Crippen molar-refractivity contribution in [3.63, 3.8) is 0 Å². The van der Waals surface area contributed by atoms with Gasteiger partial charge in [-0.3, -0.25) is 9.59 Å². The van der Waals surface area contributed by atoms with E-state index in [1.807, 2.05) is 0 Å². The van der Waals surface area contributed by atoms with Crippen molar-refractivity contribution >= 4 is 11.8 Å². The first-order valence-electron chi connectivity index (χ1n) is 6.59. The third-order valence-corrected chi connectivity index (χ3v) is 3.63. The van der Waals surface area contributed by atoms with Crippen molar-refractivity contribution in [3.8, 4) is 0 Å². The minimum Gasteiger partial charge on any atom is -0.350 e. The van der Waals surface area contributed by atoms with Crippen molar-refractivity contribution in [1.29, 1.82) is 0 Å². The second-order valence-electron chi connectivity index (χ2n) is 5.05. The lowest BCUT2D eigenvalue weighted by atomic mass is 10.1. The SMILES string of the molecule is CN1C(=O)CC[C@@H]1C(=O)NCc1cccc(C(F)(F)F)c1F. The van der Waals surface area contributed by atoms with Gasteiger partial charge in [-0.2, -0.15) is 13.2 Å². The number of halogens is 4. The van der Waals surface area contributed by atoms with Crippen LogP contribution in [0.3, 0.4) is 0 Å². The van der Waals surface area contributed by atoms with E-state index in [0.717, 1.165) is 6.07 Å². The van der Waals surface area contributed by atoms with Crippen molar-refractivity contribution < 1.29 is 27.2 Å². The van der Waals surface area contributed by atoms with Gasteiger partial charge in [-0.15, -0.1) is 0 Å². The van der Waals surface area contributed by atoms with Crippen LogP contribution >= 0.6 is 0 Å². The molecule has 120 valence electrons. The van der Waals surface area contributed by atoms with Crippen LogP contribution in [0.15, 0.2) is 18.2 Å². The van der Waals surface area contributed by atoms with Crippen LogP contribution in [0.1, 0.15) is 24.0 Å². The predicted octanol–water partition coefficient (Wildman–Crippen LogP) is 2.08. The first-order chi connectivity index (χ1) is 10.2. The molecule has 4 nitrogen and oxygen atoms in total. The summed E-state index contributed by atoms with van der Waals surface area (Å²) in [4.78, 5) is 24.5. The summed E-state index contributed by atoms with van der Waals surface area (Å²) in [6.07, 6.45) is -4.21. The van der Waals surface area contributed by atoms with Gasteiger partial charge in [0.1, 0.15) is 11.9 Å². The smallest absolute Gasteiger partial charge is 0.350 e. The van der Waals surface area contributed by atoms with E-state index in [-0.39, 0.29) is 24.4 Å². The molecule has 1 aliphatic rings. The highest BCUT2D eigenvalue weighted by atomic mass is 19.4. The van der Waals surface area contributed by atoms with Crippen LogP contribution in [-0.2, 0) is 22.3 Å². The van der Waals surface area contributed by atoms with Crippen LogP contribution in [0.25, 0.3) is 0 Å². The number of hydrogen-bond donors (Lipinski definition) is 1. The number of benzene rings is 1. The number of likely N-dealkylation sites (tertiary alicyclic amines) is 1. The number of alkyl halides is 3. The van der Waals surface area contributed by atoms with Gasteiger partial charge < -0.3 is 10.2 Å². The number of nitrogens with zero attached hydrogens (tertiary/aromatic N) is 1. The fourth-order valence-electron chi connectivity index (χ4n) is 2.35. The molecule has 1 atom stereocenters. The molecule has 1 N–H and O–H groups in total. The zero-order valence-corrected chi connectivity index (χ0v) is 11.7. The van der Waals surface area contributed by atoms with Gasteiger partial charge in [0.15, 0.2) is 0 Å². The van der Waals surface area contributed by atoms with E-state index >= 15 is 0 Å². The Hall–Kier alpha value is -2.12. The summed E-state index contributed by atoms with van der Waals surface area (Å²) in [5, 5.41) is 2.37. The Labute approximate surface area is 124 Å². The lowest BCUT2D eigenvalue weighted by Crippen LogP contribution is -2.42. The third-order valence-electron chi connectivity index (χ3n) is 3.63. The highest BCUT2D eigenvalue weighted by Crippen LogP contribution is 2.32. The van der Waals surface area contributed by atoms with Gasteiger partial charge in [0.2, 0.25) is 11.8 Å². The largest absolute Gasteiger partial charge is 0.419 e. The normalized spacial score (nSPS) is 18.7. The number of likely N-dealkylation sites (N-methyl/N-ethyl adjacent to an activating group) is 1. The number of carbonyl (C=O) groups is 2. The molecule has 0 saturated carbocycles. The molecule has 0 bridgehead atoms. The molecule has 0 aliphatic carbocycles. The first kappa shape index (κ1) is 16.3. The molecular formula is C14H14F4N2O2. The van der Waals surface area contributed by atoms with Gasteiger partial charge in [-0.1, -0.05) is 12.1 Å². The van der Waals surface area contributed by atoms with Crippen molar-refractivity contribution in [2.24, 2.45) is 0 Å². The Morgan fingerprint density at radius 2 is 2.09 bits per heavy atom. The molecular weight excluding hydrogens is 304 g/mol. The standard InChI is InChI=1S/C14H14F4N2O2/c1-20-10(5-6-11(20)21)13(22)19-7-8-3-2-4-9(12(8)15)14(16,17)18/h2-4,10H,5-7H2,1H3,(H,19,22)/t10-/m1/s1. The molecule has 1 saturated heterocycles. The van der Waals surface area contributed by atoms with Gasteiger partial charge in [-0.05, 0) is 12.5 Å². The molecule has 0 spiro atoms. The van der Waals surface area contributed by atoms with Gasteiger partial charge >= 0.3 is 6.18 Å². The van der Waals surface area contributed by atoms with Crippen molar-refractivity contribution in [1.82, 2.24) is 10.2 Å². The number of nitrogens with one attached hydrogen (secondary N) is 1. The molecule has 1 aromatic rings. The fourth-order valence-corrected chi connectivity index (χ4v) is 2.35. The molecule has 8 heteroatoms. The van der Waals surface area contributed by atoms with Crippen LogP contribution in [0.4, 0.5) is 17.6 Å². The lowest BCUT2D eigenvalue weighted by molar-refractivity contribution is -0.140. The lowest BCUT2D eigenvalue weighted by Gasteiger charge is -2.19. The third kappa shape index (κ3) is 3.20. The van der Waals surface area contributed by atoms with Gasteiger partial charge in [0, 0.05) is 25.6 Å². The Morgan fingerprint density at radius 1 is 1.41 bits per heavy atom. The summed E-state index contributed by atoms with van der Waals surface area (Å²) in [5.74, 6) is -2.08. The first-order valence-corrected chi connectivity index (χ1v) is 6.59. The molecule has 1 fully saturated rings. The van der Waals surface area contributed by atoms with E-state index in [1.54, 1.807) is 0 Å². The van der Waals surface area contributed by atoms with Crippen LogP contribution in [0.5, 0.6) is 0 Å². The van der Waals surface area contributed by atoms with Crippen molar-refractivity contribution in [2.45, 2.75) is 31.6 Å². The molecule has 1 heterocycles. The summed E-state index contributed by atoms with van der Waals surface area (Å²) >= 11 is 0. The van der Waals surface area contributed by atoms with Gasteiger partial charge in [0.25, 0.3) is 0 Å². The molecule has 22 heavy (non-hydrogen) atoms. The Kier molecular flexibility index (Phi) is 4.39. The summed E-state index contributed by atoms with van der Waals surface area (Å²) < 4.78 is 51.6. The van der Waals surface area contributed by atoms with Gasteiger partial charge in [-0.25, -0.2) is 4.39 Å². The highest BCUT2D eigenvalue weighted by molar-refractivity contribution is 5.90. The van der Waals surface area contributed by atoms with Crippen LogP contribution in [0.2, 0.25) is 0 Å². The topological polar surface area (TPSA) is 49.4 Å². The maximum Gasteiger partial charge on any atom is 0.419 e. The van der Waals surface area contributed by atoms with Crippen LogP contribution in [0, 0.1) is 5.82 Å². The monoisotopic (exact) mass is 318 g/mol. The van der Waals surface area contributed by atoms with E-state index in [0.29, 0.717) is 12.5 Å². The second-order valence-corrected chi connectivity index (χ2v) is 5.05. The number of amides is 2. The van der Waals surface area contributed by atoms with E-state index in [4.69, 9.17) is 0 Å². The van der Waals surface area contributed by atoms with Crippen molar-refractivity contribution in [2.75, 3.05) is 7.05 Å². The average molecular weight is 318 g/mol. The van der Waals surface area contributed by atoms with Crippen LogP contribution < -0.4 is 5.32 Å². The number of rotatable bonds is 3. The summed E-state index contributed by atoms with van der Waals surface area (Å²) in [7, 11) is 1.48. The number of carbonyl (C=O) groups excluding carboxylic acids is 2. The second kappa shape index (κ2) is 5.94. The summed E-state index contributed by atoms with van der Waals surface area (Å²) in [6.45, 7) is -0.368. The fraction of sp³-hybridized carbons (Fsp3) is 0.429. The molecule has 2 amide bonds. The van der Waals surface area contributed by atoms with E-state index in [9.17, 15) is 27.2 Å². The highest BCUT2D eigenvalue weighted by Gasteiger charge is 2.35. The summed E-state index contributed by atoms with van der Waals surface area (Å²) in [6, 6.07) is 2.23. The Bertz CT molecular complexity index is 601. The molecule has 0 unspecified atom stereocenters. The van der Waals surface area contributed by atoms with E-state index in [1.165, 1.54) is 18.0 Å². The maximum atomic E-state index is 13.8. The Balaban J connectivity index is 2.06. The Morgan fingerprint density at radius 3 is 2.64 bits per heavy atom. The number of hydrogen-bond acceptors (Lipinski definition) is 2. The molecule has 1 aromatic carbocycles. The minimum atomic E-state index is -4.79. The van der Waals surface area contributed by atoms with E-state index < -0.39 is 29.5 Å². The minimum absolute atomic E-state index is 0.176.